The van der Waals surface area contributed by atoms with E-state index in [1.165, 1.54) is 0 Å². The summed E-state index contributed by atoms with van der Waals surface area (Å²) in [5.41, 5.74) is 2.39. The number of likely N-dealkylation sites (N-methyl/N-ethyl adjacent to an activating group) is 1. The summed E-state index contributed by atoms with van der Waals surface area (Å²) in [7, 11) is 0. The van der Waals surface area contributed by atoms with Crippen LogP contribution < -0.4 is 10.2 Å². The van der Waals surface area contributed by atoms with E-state index in [0.29, 0.717) is 22.9 Å². The van der Waals surface area contributed by atoms with Gasteiger partial charge in [-0.25, -0.2) is 14.6 Å². The second-order valence-corrected chi connectivity index (χ2v) is 6.67. The van der Waals surface area contributed by atoms with E-state index in [4.69, 9.17) is 11.6 Å². The summed E-state index contributed by atoms with van der Waals surface area (Å²) in [6, 6.07) is 7.73. The van der Waals surface area contributed by atoms with Gasteiger partial charge in [0, 0.05) is 5.02 Å². The number of hydrogen-bond acceptors (Lipinski definition) is 5. The molecule has 0 amide bonds. The Labute approximate surface area is 158 Å². The number of nitrogens with one attached hydrogen (secondary N) is 2. The topological polar surface area (TPSA) is 73.0 Å². The van der Waals surface area contributed by atoms with E-state index in [2.05, 4.69) is 39.4 Å². The van der Waals surface area contributed by atoms with Crippen molar-refractivity contribution in [2.45, 2.75) is 27.3 Å². The van der Waals surface area contributed by atoms with Crippen molar-refractivity contribution < 1.29 is 4.90 Å². The molecule has 0 aliphatic carbocycles. The number of hydrogen-bond donors (Lipinski definition) is 2. The molecule has 26 heavy (non-hydrogen) atoms. The molecule has 0 spiro atoms. The Balaban J connectivity index is 1.83. The minimum atomic E-state index is 0.523. The van der Waals surface area contributed by atoms with Crippen molar-refractivity contribution in [1.29, 1.82) is 0 Å². The normalized spacial score (nSPS) is 11.4. The first-order valence-electron chi connectivity index (χ1n) is 9.01. The zero-order valence-electron chi connectivity index (χ0n) is 15.5. The first kappa shape index (κ1) is 18.5. The van der Waals surface area contributed by atoms with Gasteiger partial charge in [0.2, 0.25) is 0 Å². The Kier molecular flexibility index (Phi) is 6.00. The summed E-state index contributed by atoms with van der Waals surface area (Å²) < 4.78 is 1.77. The molecule has 2 N–H and O–H groups in total. The molecule has 0 unspecified atom stereocenters. The van der Waals surface area contributed by atoms with Gasteiger partial charge in [0.25, 0.3) is 0 Å². The van der Waals surface area contributed by atoms with E-state index >= 15 is 0 Å². The first-order chi connectivity index (χ1) is 12.6. The monoisotopic (exact) mass is 374 g/mol. The van der Waals surface area contributed by atoms with Gasteiger partial charge in [0.15, 0.2) is 17.0 Å². The van der Waals surface area contributed by atoms with Crippen LogP contribution in [-0.4, -0.2) is 51.1 Å². The van der Waals surface area contributed by atoms with Crippen LogP contribution in [0.2, 0.25) is 5.02 Å². The minimum absolute atomic E-state index is 0.523. The molecule has 1 aromatic carbocycles. The molecular formula is C18H25ClN7+. The number of fused-ring (bicyclic) bond motifs is 1. The molecule has 3 aromatic rings. The van der Waals surface area contributed by atoms with Gasteiger partial charge in [0.05, 0.1) is 32.7 Å². The minimum Gasteiger partial charge on any atom is -0.362 e. The largest absolute Gasteiger partial charge is 0.362 e. The number of aromatic nitrogens is 5. The van der Waals surface area contributed by atoms with Gasteiger partial charge >= 0.3 is 0 Å². The maximum absolute atomic E-state index is 6.27. The number of quaternary nitrogens is 1. The van der Waals surface area contributed by atoms with Gasteiger partial charge < -0.3 is 10.2 Å². The van der Waals surface area contributed by atoms with E-state index < -0.39 is 0 Å². The Morgan fingerprint density at radius 2 is 1.92 bits per heavy atom. The lowest BCUT2D eigenvalue weighted by Gasteiger charge is -2.15. The molecule has 0 bridgehead atoms. The fraction of sp³-hybridized carbons (Fsp3) is 0.444. The van der Waals surface area contributed by atoms with Gasteiger partial charge in [-0.3, -0.25) is 0 Å². The third-order valence-electron chi connectivity index (χ3n) is 4.52. The predicted molar refractivity (Wildman–Crippen MR) is 104 cm³/mol. The molecule has 0 aliphatic heterocycles. The molecule has 2 aromatic heterocycles. The highest BCUT2D eigenvalue weighted by molar-refractivity contribution is 6.31. The third kappa shape index (κ3) is 4.11. The van der Waals surface area contributed by atoms with Gasteiger partial charge in [0.1, 0.15) is 5.82 Å². The van der Waals surface area contributed by atoms with Crippen LogP contribution in [0.25, 0.3) is 11.2 Å². The second kappa shape index (κ2) is 8.42. The highest BCUT2D eigenvalue weighted by Crippen LogP contribution is 2.20. The van der Waals surface area contributed by atoms with Crippen LogP contribution in [0.1, 0.15) is 25.2 Å². The van der Waals surface area contributed by atoms with Crippen molar-refractivity contribution in [1.82, 2.24) is 25.0 Å². The highest BCUT2D eigenvalue weighted by Gasteiger charge is 2.15. The average molecular weight is 375 g/mol. The molecule has 0 saturated heterocycles. The Morgan fingerprint density at radius 3 is 2.65 bits per heavy atom. The highest BCUT2D eigenvalue weighted by atomic mass is 35.5. The van der Waals surface area contributed by atoms with Crippen molar-refractivity contribution >= 4 is 28.6 Å². The van der Waals surface area contributed by atoms with Gasteiger partial charge in [-0.2, -0.15) is 0 Å². The lowest BCUT2D eigenvalue weighted by atomic mass is 10.2. The predicted octanol–water partition coefficient (Wildman–Crippen LogP) is 1.57. The molecule has 138 valence electrons. The van der Waals surface area contributed by atoms with E-state index in [9.17, 15) is 0 Å². The first-order valence-corrected chi connectivity index (χ1v) is 9.38. The second-order valence-electron chi connectivity index (χ2n) is 6.26. The smallest absolute Gasteiger partial charge is 0.184 e. The lowest BCUT2D eigenvalue weighted by molar-refractivity contribution is -0.894. The van der Waals surface area contributed by atoms with Crippen LogP contribution in [0.15, 0.2) is 24.3 Å². The fourth-order valence-corrected chi connectivity index (χ4v) is 3.14. The SMILES string of the molecule is CC[NH+](CC)CCNc1nc(C)nc2c1nnn2Cc1ccccc1Cl. The number of anilines is 1. The summed E-state index contributed by atoms with van der Waals surface area (Å²) in [6.07, 6.45) is 0. The van der Waals surface area contributed by atoms with Gasteiger partial charge in [-0.05, 0) is 32.4 Å². The zero-order chi connectivity index (χ0) is 18.5. The number of halogens is 1. The number of aryl methyl sites for hydroxylation is 1. The number of benzene rings is 1. The standard InChI is InChI=1S/C18H24ClN7/c1-4-25(5-2)11-10-20-17-16-18(22-13(3)21-17)26(24-23-16)12-14-8-6-7-9-15(14)19/h6-9H,4-5,10-12H2,1-3H3,(H,20,21,22)/p+1. The van der Waals surface area contributed by atoms with Gasteiger partial charge in [-0.15, -0.1) is 5.10 Å². The molecule has 0 aliphatic rings. The van der Waals surface area contributed by atoms with Crippen LogP contribution in [-0.2, 0) is 6.54 Å². The summed E-state index contributed by atoms with van der Waals surface area (Å²) in [6.45, 7) is 10.9. The molecule has 3 rings (SSSR count). The zero-order valence-corrected chi connectivity index (χ0v) is 16.2. The summed E-state index contributed by atoms with van der Waals surface area (Å²) >= 11 is 6.27. The van der Waals surface area contributed by atoms with Gasteiger partial charge in [-0.1, -0.05) is 35.0 Å². The molecule has 0 atom stereocenters. The van der Waals surface area contributed by atoms with E-state index in [0.717, 1.165) is 43.2 Å². The lowest BCUT2D eigenvalue weighted by Crippen LogP contribution is -3.12. The molecule has 7 nitrogen and oxygen atoms in total. The Morgan fingerprint density at radius 1 is 1.15 bits per heavy atom. The van der Waals surface area contributed by atoms with E-state index in [1.54, 1.807) is 9.58 Å². The molecule has 0 radical (unpaired) electrons. The van der Waals surface area contributed by atoms with Crippen molar-refractivity contribution in [2.75, 3.05) is 31.5 Å². The quantitative estimate of drug-likeness (QED) is 0.626. The third-order valence-corrected chi connectivity index (χ3v) is 4.89. The van der Waals surface area contributed by atoms with Crippen LogP contribution in [0.4, 0.5) is 5.82 Å². The summed E-state index contributed by atoms with van der Waals surface area (Å²) in [4.78, 5) is 10.6. The summed E-state index contributed by atoms with van der Waals surface area (Å²) in [5, 5.41) is 12.7. The van der Waals surface area contributed by atoms with Crippen LogP contribution in [0.3, 0.4) is 0 Å². The molecule has 0 saturated carbocycles. The number of nitrogens with zero attached hydrogens (tertiary/aromatic N) is 5. The average Bonchev–Trinajstić information content (AvgIpc) is 3.03. The molecule has 2 heterocycles. The number of rotatable bonds is 8. The Bertz CT molecular complexity index is 873. The molecule has 0 fully saturated rings. The maximum Gasteiger partial charge on any atom is 0.184 e. The van der Waals surface area contributed by atoms with Crippen molar-refractivity contribution in [3.8, 4) is 0 Å². The Hall–Kier alpha value is -2.25. The van der Waals surface area contributed by atoms with E-state index in [-0.39, 0.29) is 0 Å². The van der Waals surface area contributed by atoms with Crippen molar-refractivity contribution in [3.05, 3.63) is 40.7 Å². The van der Waals surface area contributed by atoms with Crippen LogP contribution >= 0.6 is 11.6 Å². The van der Waals surface area contributed by atoms with Crippen LogP contribution in [0.5, 0.6) is 0 Å². The summed E-state index contributed by atoms with van der Waals surface area (Å²) in [5.74, 6) is 1.43. The fourth-order valence-electron chi connectivity index (χ4n) is 2.94. The molecule has 8 heteroatoms. The van der Waals surface area contributed by atoms with Crippen molar-refractivity contribution in [3.63, 3.8) is 0 Å². The van der Waals surface area contributed by atoms with E-state index in [1.807, 2.05) is 31.2 Å². The maximum atomic E-state index is 6.27. The van der Waals surface area contributed by atoms with Crippen molar-refractivity contribution in [2.24, 2.45) is 0 Å². The van der Waals surface area contributed by atoms with Crippen LogP contribution in [0, 0.1) is 6.92 Å². The molecular weight excluding hydrogens is 350 g/mol.